The van der Waals surface area contributed by atoms with Crippen LogP contribution in [0, 0.1) is 0 Å². The lowest BCUT2D eigenvalue weighted by atomic mass is 10.3. The van der Waals surface area contributed by atoms with E-state index in [1.165, 1.54) is 24.5 Å². The van der Waals surface area contributed by atoms with E-state index >= 15 is 0 Å². The summed E-state index contributed by atoms with van der Waals surface area (Å²) in [6.07, 6.45) is 2.33. The van der Waals surface area contributed by atoms with Gasteiger partial charge in [-0.3, -0.25) is 14.6 Å². The van der Waals surface area contributed by atoms with Gasteiger partial charge in [-0.05, 0) is 0 Å². The Morgan fingerprint density at radius 2 is 1.93 bits per heavy atom. The van der Waals surface area contributed by atoms with E-state index in [0.29, 0.717) is 0 Å². The van der Waals surface area contributed by atoms with Crippen molar-refractivity contribution in [2.75, 3.05) is 0 Å². The maximum atomic E-state index is 10.6. The van der Waals surface area contributed by atoms with Gasteiger partial charge < -0.3 is 5.73 Å². The number of amides is 1. The molecule has 14 heavy (non-hydrogen) atoms. The van der Waals surface area contributed by atoms with E-state index in [1.807, 2.05) is 0 Å². The van der Waals surface area contributed by atoms with E-state index < -0.39 is 13.7 Å². The molecule has 0 aliphatic heterocycles. The molecule has 1 rings (SSSR count). The molecule has 0 spiro atoms. The van der Waals surface area contributed by atoms with Crippen LogP contribution in [0.2, 0.25) is 0 Å². The first-order valence-corrected chi connectivity index (χ1v) is 4.98. The van der Waals surface area contributed by atoms with Gasteiger partial charge >= 0.3 is 7.82 Å². The lowest BCUT2D eigenvalue weighted by molar-refractivity contribution is -0.861. The molecule has 0 unspecified atom stereocenters. The summed E-state index contributed by atoms with van der Waals surface area (Å²) in [5, 5.41) is 0. The molecule has 1 aromatic heterocycles. The van der Waals surface area contributed by atoms with Crippen LogP contribution in [0.3, 0.4) is 0 Å². The summed E-state index contributed by atoms with van der Waals surface area (Å²) in [4.78, 5) is 27.5. The van der Waals surface area contributed by atoms with Gasteiger partial charge in [0.1, 0.15) is 0 Å². The van der Waals surface area contributed by atoms with Crippen LogP contribution < -0.4 is 15.1 Å². The predicted octanol–water partition coefficient (Wildman–Crippen LogP) is -1.41. The van der Waals surface area contributed by atoms with Crippen LogP contribution in [0.1, 0.15) is 10.4 Å². The second kappa shape index (κ2) is 3.75. The predicted molar refractivity (Wildman–Crippen MR) is 43.8 cm³/mol. The summed E-state index contributed by atoms with van der Waals surface area (Å²) in [5.74, 6) is -0.631. The SMILES string of the molecule is NC(=O)c1cc[n+](OP(=O)(O)O)cc1. The molecule has 4 N–H and O–H groups in total. The normalized spacial score (nSPS) is 11.0. The molecule has 0 saturated heterocycles. The molecule has 1 amide bonds. The van der Waals surface area contributed by atoms with Crippen molar-refractivity contribution in [3.63, 3.8) is 0 Å². The van der Waals surface area contributed by atoms with Crippen molar-refractivity contribution in [2.24, 2.45) is 5.73 Å². The summed E-state index contributed by atoms with van der Waals surface area (Å²) in [5.41, 5.74) is 5.17. The zero-order chi connectivity index (χ0) is 10.8. The Labute approximate surface area is 78.9 Å². The van der Waals surface area contributed by atoms with Crippen LogP contribution >= 0.6 is 7.82 Å². The number of nitrogens with zero attached hydrogens (tertiary/aromatic N) is 1. The van der Waals surface area contributed by atoms with Crippen LogP contribution in [0.5, 0.6) is 0 Å². The molecule has 0 aromatic carbocycles. The van der Waals surface area contributed by atoms with Crippen molar-refractivity contribution < 1.29 is 28.5 Å². The molecule has 0 saturated carbocycles. The molecular weight excluding hydrogens is 211 g/mol. The lowest BCUT2D eigenvalue weighted by Crippen LogP contribution is -2.40. The standard InChI is InChI=1S/C6H7N2O5P/c7-6(9)5-1-3-8(4-2-5)13-14(10,11)12/h1-4H,(H3-,7,9,10,11,12)/p+1. The van der Waals surface area contributed by atoms with E-state index in [-0.39, 0.29) is 5.56 Å². The molecule has 1 heterocycles. The number of phosphoric acid groups is 1. The maximum Gasteiger partial charge on any atom is 0.581 e. The number of nitrogens with two attached hydrogens (primary N) is 1. The Morgan fingerprint density at radius 1 is 1.43 bits per heavy atom. The van der Waals surface area contributed by atoms with Crippen LogP contribution in [0.4, 0.5) is 0 Å². The van der Waals surface area contributed by atoms with Gasteiger partial charge in [-0.2, -0.15) is 4.62 Å². The second-order valence-electron chi connectivity index (χ2n) is 2.38. The molecule has 1 aromatic rings. The van der Waals surface area contributed by atoms with Crippen molar-refractivity contribution in [3.05, 3.63) is 30.1 Å². The number of primary amides is 1. The number of carbonyl (C=O) groups is 1. The van der Waals surface area contributed by atoms with Crippen LogP contribution in [-0.2, 0) is 4.57 Å². The highest BCUT2D eigenvalue weighted by Crippen LogP contribution is 2.28. The summed E-state index contributed by atoms with van der Waals surface area (Å²) in [7, 11) is -4.58. The van der Waals surface area contributed by atoms with Gasteiger partial charge in [0.25, 0.3) is 0 Å². The minimum atomic E-state index is -4.58. The Bertz CT molecular complexity index is 384. The van der Waals surface area contributed by atoms with E-state index in [4.69, 9.17) is 15.5 Å². The average molecular weight is 219 g/mol. The topological polar surface area (TPSA) is 114 Å². The minimum Gasteiger partial charge on any atom is -0.366 e. The number of hydrogen-bond donors (Lipinski definition) is 3. The number of aromatic nitrogens is 1. The maximum absolute atomic E-state index is 10.6. The third kappa shape index (κ3) is 3.14. The van der Waals surface area contributed by atoms with E-state index in [0.717, 1.165) is 4.73 Å². The molecule has 0 radical (unpaired) electrons. The second-order valence-corrected chi connectivity index (χ2v) is 3.53. The highest BCUT2D eigenvalue weighted by atomic mass is 31.2. The molecular formula is C6H8N2O5P+. The van der Waals surface area contributed by atoms with Gasteiger partial charge in [-0.15, -0.1) is 0 Å². The Morgan fingerprint density at radius 3 is 2.29 bits per heavy atom. The van der Waals surface area contributed by atoms with Crippen LogP contribution in [0.25, 0.3) is 0 Å². The highest BCUT2D eigenvalue weighted by molar-refractivity contribution is 7.46. The van der Waals surface area contributed by atoms with Crippen LogP contribution in [-0.4, -0.2) is 15.7 Å². The Hall–Kier alpha value is -1.43. The van der Waals surface area contributed by atoms with E-state index in [2.05, 4.69) is 4.62 Å². The zero-order valence-corrected chi connectivity index (χ0v) is 7.79. The van der Waals surface area contributed by atoms with E-state index in [1.54, 1.807) is 0 Å². The largest absolute Gasteiger partial charge is 0.581 e. The highest BCUT2D eigenvalue weighted by Gasteiger charge is 2.22. The lowest BCUT2D eigenvalue weighted by Gasteiger charge is -1.98. The monoisotopic (exact) mass is 219 g/mol. The minimum absolute atomic E-state index is 0.218. The van der Waals surface area contributed by atoms with Gasteiger partial charge in [-0.25, -0.2) is 4.57 Å². The van der Waals surface area contributed by atoms with Gasteiger partial charge in [0, 0.05) is 16.9 Å². The van der Waals surface area contributed by atoms with Gasteiger partial charge in [0.15, 0.2) is 0 Å². The molecule has 0 fully saturated rings. The third-order valence-electron chi connectivity index (χ3n) is 1.29. The molecule has 0 aliphatic carbocycles. The van der Waals surface area contributed by atoms with Crippen LogP contribution in [0.15, 0.2) is 24.5 Å². The van der Waals surface area contributed by atoms with Crippen molar-refractivity contribution in [1.29, 1.82) is 0 Å². The van der Waals surface area contributed by atoms with Crippen molar-refractivity contribution in [3.8, 4) is 0 Å². The summed E-state index contributed by atoms with van der Waals surface area (Å²) < 4.78 is 15.3. The fourth-order valence-corrected chi connectivity index (χ4v) is 1.11. The summed E-state index contributed by atoms with van der Waals surface area (Å²) >= 11 is 0. The van der Waals surface area contributed by atoms with Gasteiger partial charge in [-0.1, -0.05) is 0 Å². The summed E-state index contributed by atoms with van der Waals surface area (Å²) in [6.45, 7) is 0. The Balaban J connectivity index is 2.84. The molecule has 0 aliphatic rings. The van der Waals surface area contributed by atoms with Crippen molar-refractivity contribution in [2.45, 2.75) is 0 Å². The summed E-state index contributed by atoms with van der Waals surface area (Å²) in [6, 6.07) is 2.55. The quantitative estimate of drug-likeness (QED) is 0.427. The number of rotatable bonds is 3. The first kappa shape index (κ1) is 10.6. The number of hydrogen-bond acceptors (Lipinski definition) is 3. The van der Waals surface area contributed by atoms with Crippen molar-refractivity contribution in [1.82, 2.24) is 0 Å². The molecule has 0 bridgehead atoms. The van der Waals surface area contributed by atoms with Gasteiger partial charge in [0.2, 0.25) is 18.3 Å². The fraction of sp³-hybridized carbons (Fsp3) is 0. The molecule has 76 valence electrons. The molecule has 8 heteroatoms. The van der Waals surface area contributed by atoms with Crippen molar-refractivity contribution >= 4 is 13.7 Å². The molecule has 0 atom stereocenters. The zero-order valence-electron chi connectivity index (χ0n) is 6.90. The van der Waals surface area contributed by atoms with Gasteiger partial charge in [0.05, 0.1) is 5.56 Å². The average Bonchev–Trinajstić information content (AvgIpc) is 2.02. The molecule has 7 nitrogen and oxygen atoms in total. The third-order valence-corrected chi connectivity index (χ3v) is 1.69. The number of carbonyl (C=O) groups excluding carboxylic acids is 1. The Kier molecular flexibility index (Phi) is 2.85. The fourth-order valence-electron chi connectivity index (χ4n) is 0.754. The first-order valence-electron chi connectivity index (χ1n) is 3.45. The number of pyridine rings is 1. The first-order chi connectivity index (χ1) is 6.38. The van der Waals surface area contributed by atoms with E-state index in [9.17, 15) is 9.36 Å². The smallest absolute Gasteiger partial charge is 0.366 e.